The fraction of sp³-hybridized carbons (Fsp3) is 0.250. The van der Waals surface area contributed by atoms with E-state index in [4.69, 9.17) is 0 Å². The maximum atomic E-state index is 14.1. The van der Waals surface area contributed by atoms with Crippen LogP contribution in [0.2, 0.25) is 0 Å². The molecule has 0 saturated heterocycles. The minimum Gasteiger partial charge on any atom is -0.309 e. The van der Waals surface area contributed by atoms with Crippen molar-refractivity contribution in [3.8, 4) is 0 Å². The van der Waals surface area contributed by atoms with Crippen LogP contribution >= 0.6 is 0 Å². The number of aryl methyl sites for hydroxylation is 1. The summed E-state index contributed by atoms with van der Waals surface area (Å²) in [5.41, 5.74) is 0.162. The molecule has 0 fully saturated rings. The number of nitrogens with one attached hydrogen (secondary N) is 1. The van der Waals surface area contributed by atoms with E-state index in [-0.39, 0.29) is 11.1 Å². The van der Waals surface area contributed by atoms with Gasteiger partial charge in [0.05, 0.1) is 11.6 Å². The summed E-state index contributed by atoms with van der Waals surface area (Å²) in [5, 5.41) is 2.77. The first-order valence-electron chi connectivity index (χ1n) is 6.44. The second-order valence-corrected chi connectivity index (χ2v) is 4.83. The van der Waals surface area contributed by atoms with Gasteiger partial charge in [-0.1, -0.05) is 30.3 Å². The fourth-order valence-corrected chi connectivity index (χ4v) is 2.35. The summed E-state index contributed by atoms with van der Waals surface area (Å²) in [4.78, 5) is 0. The lowest BCUT2D eigenvalue weighted by Crippen LogP contribution is -2.23. The van der Waals surface area contributed by atoms with Crippen LogP contribution in [-0.4, -0.2) is 7.05 Å². The van der Waals surface area contributed by atoms with Crippen molar-refractivity contribution in [2.45, 2.75) is 19.1 Å². The molecular formula is C16H15F4N. The van der Waals surface area contributed by atoms with Crippen LogP contribution in [0.4, 0.5) is 17.6 Å². The summed E-state index contributed by atoms with van der Waals surface area (Å²) in [5.74, 6) is -0.522. The molecule has 112 valence electrons. The third-order valence-corrected chi connectivity index (χ3v) is 3.33. The fourth-order valence-electron chi connectivity index (χ4n) is 2.35. The first-order valence-corrected chi connectivity index (χ1v) is 6.44. The van der Waals surface area contributed by atoms with Gasteiger partial charge in [0.2, 0.25) is 0 Å². The van der Waals surface area contributed by atoms with Gasteiger partial charge in [-0.3, -0.25) is 0 Å². The predicted octanol–water partition coefficient (Wildman–Crippen LogP) is 4.46. The van der Waals surface area contributed by atoms with Gasteiger partial charge in [0.25, 0.3) is 0 Å². The van der Waals surface area contributed by atoms with Gasteiger partial charge in [-0.25, -0.2) is 4.39 Å². The molecule has 0 bridgehead atoms. The Kier molecular flexibility index (Phi) is 4.32. The molecule has 1 atom stereocenters. The molecule has 0 saturated carbocycles. The normalized spacial score (nSPS) is 13.2. The average Bonchev–Trinajstić information content (AvgIpc) is 2.41. The third kappa shape index (κ3) is 3.24. The summed E-state index contributed by atoms with van der Waals surface area (Å²) in [7, 11) is 1.51. The van der Waals surface area contributed by atoms with Crippen molar-refractivity contribution >= 4 is 0 Å². The van der Waals surface area contributed by atoms with E-state index in [1.165, 1.54) is 37.4 Å². The van der Waals surface area contributed by atoms with Crippen LogP contribution in [0.3, 0.4) is 0 Å². The minimum absolute atomic E-state index is 0.00949. The molecule has 5 heteroatoms. The van der Waals surface area contributed by atoms with Crippen molar-refractivity contribution in [1.29, 1.82) is 0 Å². The van der Waals surface area contributed by atoms with Crippen molar-refractivity contribution in [3.63, 3.8) is 0 Å². The van der Waals surface area contributed by atoms with Crippen LogP contribution in [0, 0.1) is 12.7 Å². The van der Waals surface area contributed by atoms with E-state index in [9.17, 15) is 17.6 Å². The SMILES string of the molecule is CNC(c1ccc(C)cc1F)c1ccccc1C(F)(F)F. The average molecular weight is 297 g/mol. The topological polar surface area (TPSA) is 12.0 Å². The van der Waals surface area contributed by atoms with Crippen LogP contribution in [0.15, 0.2) is 42.5 Å². The second kappa shape index (κ2) is 5.85. The molecular weight excluding hydrogens is 282 g/mol. The van der Waals surface area contributed by atoms with E-state index in [1.54, 1.807) is 13.0 Å². The highest BCUT2D eigenvalue weighted by Crippen LogP contribution is 2.36. The summed E-state index contributed by atoms with van der Waals surface area (Å²) >= 11 is 0. The van der Waals surface area contributed by atoms with Crippen molar-refractivity contribution in [2.75, 3.05) is 7.05 Å². The minimum atomic E-state index is -4.48. The number of rotatable bonds is 3. The number of halogens is 4. The third-order valence-electron chi connectivity index (χ3n) is 3.33. The number of benzene rings is 2. The highest BCUT2D eigenvalue weighted by molar-refractivity contribution is 5.40. The molecule has 0 aliphatic rings. The lowest BCUT2D eigenvalue weighted by atomic mass is 9.93. The molecule has 21 heavy (non-hydrogen) atoms. The molecule has 0 radical (unpaired) electrons. The molecule has 2 rings (SSSR count). The highest BCUT2D eigenvalue weighted by Gasteiger charge is 2.35. The molecule has 0 aliphatic carbocycles. The standard InChI is InChI=1S/C16H15F4N/c1-10-7-8-12(14(17)9-10)15(21-2)11-5-3-4-6-13(11)16(18,19)20/h3-9,15,21H,1-2H3. The lowest BCUT2D eigenvalue weighted by Gasteiger charge is -2.22. The quantitative estimate of drug-likeness (QED) is 0.825. The maximum absolute atomic E-state index is 14.1. The Labute approximate surface area is 120 Å². The molecule has 1 N–H and O–H groups in total. The molecule has 0 spiro atoms. The Morgan fingerprint density at radius 1 is 1.00 bits per heavy atom. The van der Waals surface area contributed by atoms with Gasteiger partial charge in [-0.15, -0.1) is 0 Å². The van der Waals surface area contributed by atoms with Crippen molar-refractivity contribution in [1.82, 2.24) is 5.32 Å². The van der Waals surface area contributed by atoms with E-state index < -0.39 is 23.6 Å². The van der Waals surface area contributed by atoms with Gasteiger partial charge in [-0.2, -0.15) is 13.2 Å². The van der Waals surface area contributed by atoms with E-state index in [2.05, 4.69) is 5.32 Å². The highest BCUT2D eigenvalue weighted by atomic mass is 19.4. The number of alkyl halides is 3. The molecule has 0 aliphatic heterocycles. The Morgan fingerprint density at radius 2 is 1.67 bits per heavy atom. The lowest BCUT2D eigenvalue weighted by molar-refractivity contribution is -0.138. The van der Waals surface area contributed by atoms with Crippen LogP contribution in [0.25, 0.3) is 0 Å². The Balaban J connectivity index is 2.57. The largest absolute Gasteiger partial charge is 0.416 e. The predicted molar refractivity (Wildman–Crippen MR) is 73.5 cm³/mol. The van der Waals surface area contributed by atoms with E-state index in [0.29, 0.717) is 0 Å². The molecule has 1 unspecified atom stereocenters. The molecule has 1 nitrogen and oxygen atoms in total. The van der Waals surface area contributed by atoms with Crippen LogP contribution < -0.4 is 5.32 Å². The zero-order valence-corrected chi connectivity index (χ0v) is 11.6. The molecule has 2 aromatic carbocycles. The van der Waals surface area contributed by atoms with Crippen LogP contribution in [0.5, 0.6) is 0 Å². The maximum Gasteiger partial charge on any atom is 0.416 e. The zero-order valence-electron chi connectivity index (χ0n) is 11.6. The smallest absolute Gasteiger partial charge is 0.309 e. The van der Waals surface area contributed by atoms with Gasteiger partial charge in [0.1, 0.15) is 5.82 Å². The second-order valence-electron chi connectivity index (χ2n) is 4.83. The molecule has 2 aromatic rings. The van der Waals surface area contributed by atoms with Gasteiger partial charge in [0, 0.05) is 5.56 Å². The monoisotopic (exact) mass is 297 g/mol. The summed E-state index contributed by atoms with van der Waals surface area (Å²) in [6.45, 7) is 1.73. The summed E-state index contributed by atoms with van der Waals surface area (Å²) in [6, 6.07) is 8.86. The first kappa shape index (κ1) is 15.5. The van der Waals surface area contributed by atoms with Crippen LogP contribution in [0.1, 0.15) is 28.3 Å². The zero-order chi connectivity index (χ0) is 15.6. The Hall–Kier alpha value is -1.88. The van der Waals surface area contributed by atoms with E-state index in [0.717, 1.165) is 11.6 Å². The number of hydrogen-bond acceptors (Lipinski definition) is 1. The summed E-state index contributed by atoms with van der Waals surface area (Å²) < 4.78 is 53.4. The molecule has 0 aromatic heterocycles. The Morgan fingerprint density at radius 3 is 2.24 bits per heavy atom. The molecule has 0 heterocycles. The Bertz CT molecular complexity index is 634. The van der Waals surface area contributed by atoms with Crippen molar-refractivity contribution < 1.29 is 17.6 Å². The van der Waals surface area contributed by atoms with Gasteiger partial charge >= 0.3 is 6.18 Å². The number of hydrogen-bond donors (Lipinski definition) is 1. The van der Waals surface area contributed by atoms with Crippen LogP contribution in [-0.2, 0) is 6.18 Å². The van der Waals surface area contributed by atoms with Gasteiger partial charge in [0.15, 0.2) is 0 Å². The van der Waals surface area contributed by atoms with E-state index >= 15 is 0 Å². The van der Waals surface area contributed by atoms with Gasteiger partial charge < -0.3 is 5.32 Å². The van der Waals surface area contributed by atoms with Gasteiger partial charge in [-0.05, 0) is 37.2 Å². The van der Waals surface area contributed by atoms with Crippen molar-refractivity contribution in [2.24, 2.45) is 0 Å². The summed E-state index contributed by atoms with van der Waals surface area (Å²) in [6.07, 6.45) is -4.48. The van der Waals surface area contributed by atoms with E-state index in [1.807, 2.05) is 0 Å². The molecule has 0 amide bonds. The van der Waals surface area contributed by atoms with Crippen molar-refractivity contribution in [3.05, 3.63) is 70.5 Å². The first-order chi connectivity index (χ1) is 9.84.